The zero-order valence-corrected chi connectivity index (χ0v) is 42.6. The van der Waals surface area contributed by atoms with Crippen LogP contribution in [0, 0.1) is 0 Å². The Kier molecular flexibility index (Phi) is 51.2. The number of allylic oxidation sites excluding steroid dienone is 2. The van der Waals surface area contributed by atoms with Crippen LogP contribution in [-0.4, -0.2) is 37.2 Å². The predicted molar refractivity (Wildman–Crippen MR) is 270 cm³/mol. The van der Waals surface area contributed by atoms with E-state index in [0.29, 0.717) is 19.3 Å². The van der Waals surface area contributed by atoms with Gasteiger partial charge in [0, 0.05) is 19.3 Å². The van der Waals surface area contributed by atoms with Gasteiger partial charge >= 0.3 is 17.9 Å². The molecule has 0 aromatic heterocycles. The minimum Gasteiger partial charge on any atom is -0.462 e. The number of unbranched alkanes of at least 4 members (excludes halogenated alkanes) is 39. The van der Waals surface area contributed by atoms with Crippen LogP contribution in [-0.2, 0) is 28.6 Å². The summed E-state index contributed by atoms with van der Waals surface area (Å²) in [4.78, 5) is 38.0. The van der Waals surface area contributed by atoms with E-state index in [9.17, 15) is 14.4 Å². The second-order valence-corrected chi connectivity index (χ2v) is 19.2. The van der Waals surface area contributed by atoms with Gasteiger partial charge < -0.3 is 14.2 Å². The van der Waals surface area contributed by atoms with E-state index in [1.54, 1.807) is 0 Å². The summed E-state index contributed by atoms with van der Waals surface area (Å²) in [6.07, 6.45) is 59.2. The van der Waals surface area contributed by atoms with Crippen LogP contribution in [0.1, 0.15) is 316 Å². The van der Waals surface area contributed by atoms with Crippen molar-refractivity contribution >= 4 is 17.9 Å². The highest BCUT2D eigenvalue weighted by molar-refractivity contribution is 5.71. The summed E-state index contributed by atoms with van der Waals surface area (Å²) in [6, 6.07) is 0. The first-order valence-corrected chi connectivity index (χ1v) is 28.2. The molecule has 0 aliphatic heterocycles. The molecule has 0 amide bonds. The molecule has 0 aromatic rings. The average Bonchev–Trinajstić information content (AvgIpc) is 3.28. The second-order valence-electron chi connectivity index (χ2n) is 19.2. The molecule has 372 valence electrons. The lowest BCUT2D eigenvalue weighted by Gasteiger charge is -2.18. The molecule has 0 saturated heterocycles. The molecule has 6 nitrogen and oxygen atoms in total. The SMILES string of the molecule is CCCCCCCC/C=C\CCCCCCCCCCCCCC(=O)OC[C@H](COC(=O)CCCCCCCCCCCCCCC)OC(=O)CCCCCCCCCCCCC. The molecular weight excluding hydrogens is 781 g/mol. The van der Waals surface area contributed by atoms with Crippen LogP contribution in [0.15, 0.2) is 12.2 Å². The Bertz CT molecular complexity index is 978. The van der Waals surface area contributed by atoms with E-state index in [1.807, 2.05) is 0 Å². The zero-order chi connectivity index (χ0) is 45.8. The van der Waals surface area contributed by atoms with E-state index in [-0.39, 0.29) is 31.1 Å². The molecule has 0 heterocycles. The van der Waals surface area contributed by atoms with Gasteiger partial charge in [0.1, 0.15) is 13.2 Å². The Morgan fingerprint density at radius 2 is 0.524 bits per heavy atom. The minimum atomic E-state index is -0.763. The fourth-order valence-corrected chi connectivity index (χ4v) is 8.50. The summed E-state index contributed by atoms with van der Waals surface area (Å²) in [6.45, 7) is 6.67. The first kappa shape index (κ1) is 61.1. The molecule has 0 bridgehead atoms. The first-order chi connectivity index (χ1) is 31.0. The monoisotopic (exact) mass is 889 g/mol. The van der Waals surface area contributed by atoms with Crippen LogP contribution in [0.4, 0.5) is 0 Å². The maximum atomic E-state index is 12.8. The summed E-state index contributed by atoms with van der Waals surface area (Å²) in [7, 11) is 0. The zero-order valence-electron chi connectivity index (χ0n) is 42.6. The van der Waals surface area contributed by atoms with E-state index in [0.717, 1.165) is 57.8 Å². The van der Waals surface area contributed by atoms with Crippen molar-refractivity contribution in [2.45, 2.75) is 322 Å². The van der Waals surface area contributed by atoms with Gasteiger partial charge in [0.2, 0.25) is 0 Å². The third-order valence-electron chi connectivity index (χ3n) is 12.8. The van der Waals surface area contributed by atoms with Crippen molar-refractivity contribution in [2.24, 2.45) is 0 Å². The van der Waals surface area contributed by atoms with Gasteiger partial charge in [-0.15, -0.1) is 0 Å². The number of rotatable bonds is 52. The Balaban J connectivity index is 4.22. The molecule has 0 unspecified atom stereocenters. The number of hydrogen-bond donors (Lipinski definition) is 0. The van der Waals surface area contributed by atoms with Gasteiger partial charge in [0.25, 0.3) is 0 Å². The van der Waals surface area contributed by atoms with Crippen LogP contribution in [0.2, 0.25) is 0 Å². The molecule has 0 N–H and O–H groups in total. The highest BCUT2D eigenvalue weighted by Gasteiger charge is 2.19. The summed E-state index contributed by atoms with van der Waals surface area (Å²) < 4.78 is 16.8. The Labute approximate surface area is 392 Å². The lowest BCUT2D eigenvalue weighted by atomic mass is 10.0. The van der Waals surface area contributed by atoms with Crippen LogP contribution in [0.5, 0.6) is 0 Å². The topological polar surface area (TPSA) is 78.9 Å². The molecule has 63 heavy (non-hydrogen) atoms. The number of esters is 3. The molecule has 0 aromatic carbocycles. The maximum Gasteiger partial charge on any atom is 0.306 e. The van der Waals surface area contributed by atoms with Crippen LogP contribution < -0.4 is 0 Å². The van der Waals surface area contributed by atoms with Gasteiger partial charge in [0.15, 0.2) is 6.10 Å². The summed E-state index contributed by atoms with van der Waals surface area (Å²) in [5.74, 6) is -0.845. The fraction of sp³-hybridized carbons (Fsp3) is 0.912. The molecule has 0 radical (unpaired) electrons. The normalized spacial score (nSPS) is 12.0. The number of hydrogen-bond acceptors (Lipinski definition) is 6. The largest absolute Gasteiger partial charge is 0.462 e. The van der Waals surface area contributed by atoms with Gasteiger partial charge in [-0.2, -0.15) is 0 Å². The van der Waals surface area contributed by atoms with Crippen molar-refractivity contribution in [1.82, 2.24) is 0 Å². The van der Waals surface area contributed by atoms with Crippen molar-refractivity contribution < 1.29 is 28.6 Å². The third-order valence-corrected chi connectivity index (χ3v) is 12.8. The van der Waals surface area contributed by atoms with Gasteiger partial charge in [-0.3, -0.25) is 14.4 Å². The maximum absolute atomic E-state index is 12.8. The lowest BCUT2D eigenvalue weighted by Crippen LogP contribution is -2.30. The fourth-order valence-electron chi connectivity index (χ4n) is 8.50. The van der Waals surface area contributed by atoms with Crippen molar-refractivity contribution in [3.8, 4) is 0 Å². The summed E-state index contributed by atoms with van der Waals surface area (Å²) in [5.41, 5.74) is 0. The quantitative estimate of drug-likeness (QED) is 0.0262. The second kappa shape index (κ2) is 52.8. The first-order valence-electron chi connectivity index (χ1n) is 28.2. The summed E-state index contributed by atoms with van der Waals surface area (Å²) in [5, 5.41) is 0. The van der Waals surface area contributed by atoms with E-state index >= 15 is 0 Å². The molecule has 0 saturated carbocycles. The van der Waals surface area contributed by atoms with Gasteiger partial charge in [-0.25, -0.2) is 0 Å². The summed E-state index contributed by atoms with van der Waals surface area (Å²) >= 11 is 0. The van der Waals surface area contributed by atoms with Gasteiger partial charge in [-0.1, -0.05) is 264 Å². The van der Waals surface area contributed by atoms with Crippen LogP contribution in [0.3, 0.4) is 0 Å². The van der Waals surface area contributed by atoms with Crippen molar-refractivity contribution in [2.75, 3.05) is 13.2 Å². The molecule has 0 aliphatic carbocycles. The third kappa shape index (κ3) is 51.0. The molecule has 1 atom stereocenters. The molecule has 0 fully saturated rings. The molecule has 0 rings (SSSR count). The van der Waals surface area contributed by atoms with E-state index in [2.05, 4.69) is 32.9 Å². The smallest absolute Gasteiger partial charge is 0.306 e. The van der Waals surface area contributed by atoms with Crippen molar-refractivity contribution in [3.05, 3.63) is 12.2 Å². The minimum absolute atomic E-state index is 0.0642. The highest BCUT2D eigenvalue weighted by Crippen LogP contribution is 2.17. The van der Waals surface area contributed by atoms with Crippen molar-refractivity contribution in [3.63, 3.8) is 0 Å². The van der Waals surface area contributed by atoms with Gasteiger partial charge in [-0.05, 0) is 44.9 Å². The van der Waals surface area contributed by atoms with Crippen LogP contribution in [0.25, 0.3) is 0 Å². The number of ether oxygens (including phenoxy) is 3. The average molecular weight is 889 g/mol. The van der Waals surface area contributed by atoms with Crippen LogP contribution >= 0.6 is 0 Å². The lowest BCUT2D eigenvalue weighted by molar-refractivity contribution is -0.167. The Morgan fingerprint density at radius 3 is 0.794 bits per heavy atom. The standard InChI is InChI=1S/C57H108O6/c1-4-7-10-13-16-19-22-24-25-26-27-28-29-30-31-33-36-38-41-44-47-50-56(59)62-53-54(63-57(60)51-48-45-42-39-34-21-18-15-12-9-6-3)52-61-55(58)49-46-43-40-37-35-32-23-20-17-14-11-8-5-2/h24-25,54H,4-23,26-53H2,1-3H3/b25-24-/t54-/m0/s1. The van der Waals surface area contributed by atoms with Crippen molar-refractivity contribution in [1.29, 1.82) is 0 Å². The molecular formula is C57H108O6. The Hall–Kier alpha value is -1.85. The van der Waals surface area contributed by atoms with E-state index in [1.165, 1.54) is 218 Å². The highest BCUT2D eigenvalue weighted by atomic mass is 16.6. The predicted octanol–water partition coefficient (Wildman–Crippen LogP) is 18.5. The number of carbonyl (C=O) groups is 3. The van der Waals surface area contributed by atoms with E-state index in [4.69, 9.17) is 14.2 Å². The Morgan fingerprint density at radius 1 is 0.302 bits per heavy atom. The molecule has 0 spiro atoms. The number of carbonyl (C=O) groups excluding carboxylic acids is 3. The van der Waals surface area contributed by atoms with E-state index < -0.39 is 6.10 Å². The molecule has 6 heteroatoms. The molecule has 0 aliphatic rings. The van der Waals surface area contributed by atoms with Gasteiger partial charge in [0.05, 0.1) is 0 Å².